The van der Waals surface area contributed by atoms with Crippen molar-refractivity contribution >= 4 is 28.7 Å². The molecule has 0 amide bonds. The molecule has 0 aliphatic heterocycles. The number of benzene rings is 2. The fourth-order valence-electron chi connectivity index (χ4n) is 3.50. The molecule has 0 atom stereocenters. The molecule has 0 radical (unpaired) electrons. The van der Waals surface area contributed by atoms with Crippen LogP contribution in [0.15, 0.2) is 42.7 Å². The molecule has 6 nitrogen and oxygen atoms in total. The smallest absolute Gasteiger partial charge is 0.194 e. The molecule has 4 rings (SSSR count). The van der Waals surface area contributed by atoms with E-state index in [2.05, 4.69) is 20.8 Å². The van der Waals surface area contributed by atoms with Crippen molar-refractivity contribution in [1.82, 2.24) is 19.6 Å². The number of nitrogens with one attached hydrogen (secondary N) is 2. The Morgan fingerprint density at radius 3 is 2.37 bits per heavy atom. The highest BCUT2D eigenvalue weighted by Gasteiger charge is 2.20. The lowest BCUT2D eigenvalue weighted by molar-refractivity contribution is 0.420. The van der Waals surface area contributed by atoms with Crippen LogP contribution in [-0.4, -0.2) is 24.7 Å². The molecule has 2 N–H and O–H groups in total. The maximum absolute atomic E-state index is 13.9. The summed E-state index contributed by atoms with van der Waals surface area (Å²) in [4.78, 5) is 0. The molecule has 35 heavy (non-hydrogen) atoms. The predicted molar refractivity (Wildman–Crippen MR) is 125 cm³/mol. The Kier molecular flexibility index (Phi) is 6.83. The third-order valence-electron chi connectivity index (χ3n) is 5.29. The number of anilines is 2. The van der Waals surface area contributed by atoms with Gasteiger partial charge in [0.05, 0.1) is 42.0 Å². The normalized spacial score (nSPS) is 11.1. The van der Waals surface area contributed by atoms with Crippen LogP contribution in [0, 0.1) is 42.9 Å². The Balaban J connectivity index is 1.42. The van der Waals surface area contributed by atoms with E-state index in [1.165, 1.54) is 24.5 Å². The lowest BCUT2D eigenvalue weighted by Crippen LogP contribution is -2.19. The lowest BCUT2D eigenvalue weighted by atomic mass is 10.2. The molecule has 0 unspecified atom stereocenters. The zero-order valence-electron chi connectivity index (χ0n) is 18.5. The molecule has 2 aromatic carbocycles. The van der Waals surface area contributed by atoms with Crippen LogP contribution in [-0.2, 0) is 13.1 Å². The highest BCUT2D eigenvalue weighted by Crippen LogP contribution is 2.22. The fraction of sp³-hybridized carbons (Fsp3) is 0.174. The van der Waals surface area contributed by atoms with E-state index in [-0.39, 0.29) is 17.0 Å². The second-order valence-electron chi connectivity index (χ2n) is 7.78. The summed E-state index contributed by atoms with van der Waals surface area (Å²) in [6.07, 6.45) is 2.77. The number of aryl methyl sites for hydroxylation is 1. The molecule has 0 spiro atoms. The third kappa shape index (κ3) is 5.32. The molecular weight excluding hydrogens is 487 g/mol. The zero-order valence-corrected chi connectivity index (χ0v) is 19.4. The van der Waals surface area contributed by atoms with Crippen molar-refractivity contribution in [2.45, 2.75) is 26.9 Å². The minimum absolute atomic E-state index is 0.210. The van der Waals surface area contributed by atoms with Crippen LogP contribution < -0.4 is 10.6 Å². The molecule has 4 aromatic rings. The van der Waals surface area contributed by atoms with Crippen molar-refractivity contribution in [3.05, 3.63) is 94.3 Å². The second kappa shape index (κ2) is 9.82. The predicted octanol–water partition coefficient (Wildman–Crippen LogP) is 5.30. The van der Waals surface area contributed by atoms with E-state index in [0.29, 0.717) is 23.6 Å². The Hall–Kier alpha value is -3.80. The minimum atomic E-state index is -1.75. The van der Waals surface area contributed by atoms with Crippen LogP contribution in [0.5, 0.6) is 0 Å². The van der Waals surface area contributed by atoms with Gasteiger partial charge in [-0.3, -0.25) is 9.36 Å². The summed E-state index contributed by atoms with van der Waals surface area (Å²) in [6, 6.07) is 6.42. The number of rotatable bonds is 6. The van der Waals surface area contributed by atoms with Crippen molar-refractivity contribution in [2.24, 2.45) is 0 Å². The zero-order chi connectivity index (χ0) is 25.3. The van der Waals surface area contributed by atoms with Gasteiger partial charge in [0.25, 0.3) is 0 Å². The summed E-state index contributed by atoms with van der Waals surface area (Å²) in [5.41, 5.74) is 2.80. The quantitative estimate of drug-likeness (QED) is 0.161. The van der Waals surface area contributed by atoms with E-state index in [1.807, 2.05) is 13.8 Å². The SMILES string of the molecule is Cc1nn(Cc2ccc(F)cc2)c(C)c1NC(=S)Nc1cnn(Cc2c(F)cc(F)c(F)c2F)c1. The van der Waals surface area contributed by atoms with E-state index in [4.69, 9.17) is 12.2 Å². The van der Waals surface area contributed by atoms with Crippen LogP contribution in [0.25, 0.3) is 0 Å². The van der Waals surface area contributed by atoms with E-state index in [1.54, 1.807) is 16.8 Å². The molecule has 182 valence electrons. The van der Waals surface area contributed by atoms with Gasteiger partial charge in [-0.1, -0.05) is 12.1 Å². The summed E-state index contributed by atoms with van der Waals surface area (Å²) in [5.74, 6) is -6.48. The largest absolute Gasteiger partial charge is 0.330 e. The first-order chi connectivity index (χ1) is 16.6. The topological polar surface area (TPSA) is 59.7 Å². The summed E-state index contributed by atoms with van der Waals surface area (Å²) < 4.78 is 70.5. The number of aromatic nitrogens is 4. The first-order valence-electron chi connectivity index (χ1n) is 10.3. The minimum Gasteiger partial charge on any atom is -0.330 e. The van der Waals surface area contributed by atoms with Gasteiger partial charge < -0.3 is 10.6 Å². The molecule has 12 heteroatoms. The molecule has 0 fully saturated rings. The van der Waals surface area contributed by atoms with Gasteiger partial charge in [-0.25, -0.2) is 22.0 Å². The van der Waals surface area contributed by atoms with Crippen molar-refractivity contribution < 1.29 is 22.0 Å². The van der Waals surface area contributed by atoms with E-state index >= 15 is 0 Å². The second-order valence-corrected chi connectivity index (χ2v) is 8.19. The molecule has 2 heterocycles. The van der Waals surface area contributed by atoms with Crippen LogP contribution >= 0.6 is 12.2 Å². The molecular formula is C23H19F5N6S. The average molecular weight is 507 g/mol. The van der Waals surface area contributed by atoms with Gasteiger partial charge in [-0.2, -0.15) is 10.2 Å². The first-order valence-corrected chi connectivity index (χ1v) is 10.7. The summed E-state index contributed by atoms with van der Waals surface area (Å²) in [6.45, 7) is 3.66. The number of hydrogen-bond donors (Lipinski definition) is 2. The standard InChI is InChI=1S/C23H19F5N6S/c1-12-22(13(2)34(32-12)9-14-3-5-15(24)6-4-14)31-23(35)30-16-8-29-33(10-16)11-17-18(25)7-19(26)21(28)20(17)27/h3-8,10H,9,11H2,1-2H3,(H2,30,31,35). The molecule has 0 saturated carbocycles. The Morgan fingerprint density at radius 2 is 1.66 bits per heavy atom. The Labute approximate surface area is 202 Å². The highest BCUT2D eigenvalue weighted by atomic mass is 32.1. The van der Waals surface area contributed by atoms with Crippen molar-refractivity contribution in [3.63, 3.8) is 0 Å². The number of halogens is 5. The van der Waals surface area contributed by atoms with E-state index in [9.17, 15) is 22.0 Å². The van der Waals surface area contributed by atoms with Crippen LogP contribution in [0.2, 0.25) is 0 Å². The summed E-state index contributed by atoms with van der Waals surface area (Å²) in [5, 5.41) is 14.6. The summed E-state index contributed by atoms with van der Waals surface area (Å²) >= 11 is 5.35. The molecule has 0 aliphatic rings. The fourth-order valence-corrected chi connectivity index (χ4v) is 3.72. The van der Waals surface area contributed by atoms with Gasteiger partial charge in [0.1, 0.15) is 11.6 Å². The van der Waals surface area contributed by atoms with E-state index < -0.39 is 35.4 Å². The van der Waals surface area contributed by atoms with Gasteiger partial charge in [0.15, 0.2) is 22.6 Å². The van der Waals surface area contributed by atoms with Crippen molar-refractivity contribution in [3.8, 4) is 0 Å². The molecule has 0 saturated heterocycles. The summed E-state index contributed by atoms with van der Waals surface area (Å²) in [7, 11) is 0. The average Bonchev–Trinajstić information content (AvgIpc) is 3.35. The van der Waals surface area contributed by atoms with Gasteiger partial charge in [-0.15, -0.1) is 0 Å². The highest BCUT2D eigenvalue weighted by molar-refractivity contribution is 7.80. The van der Waals surface area contributed by atoms with E-state index in [0.717, 1.165) is 15.9 Å². The van der Waals surface area contributed by atoms with Gasteiger partial charge in [0, 0.05) is 17.8 Å². The Morgan fingerprint density at radius 1 is 0.943 bits per heavy atom. The molecule has 0 aliphatic carbocycles. The number of nitrogens with zero attached hydrogens (tertiary/aromatic N) is 4. The maximum atomic E-state index is 13.9. The van der Waals surface area contributed by atoms with Gasteiger partial charge in [0.2, 0.25) is 0 Å². The van der Waals surface area contributed by atoms with Gasteiger partial charge in [-0.05, 0) is 43.8 Å². The first kappa shape index (κ1) is 24.3. The van der Waals surface area contributed by atoms with Crippen LogP contribution in [0.3, 0.4) is 0 Å². The van der Waals surface area contributed by atoms with Crippen molar-refractivity contribution in [2.75, 3.05) is 10.6 Å². The molecule has 0 bridgehead atoms. The maximum Gasteiger partial charge on any atom is 0.194 e. The lowest BCUT2D eigenvalue weighted by Gasteiger charge is -2.10. The van der Waals surface area contributed by atoms with Crippen LogP contribution in [0.4, 0.5) is 33.3 Å². The third-order valence-corrected chi connectivity index (χ3v) is 5.49. The number of hydrogen-bond acceptors (Lipinski definition) is 3. The van der Waals surface area contributed by atoms with Gasteiger partial charge >= 0.3 is 0 Å². The van der Waals surface area contributed by atoms with Crippen LogP contribution in [0.1, 0.15) is 22.5 Å². The van der Waals surface area contributed by atoms with Crippen molar-refractivity contribution in [1.29, 1.82) is 0 Å². The monoisotopic (exact) mass is 506 g/mol. The molecule has 2 aromatic heterocycles. The number of thiocarbonyl (C=S) groups is 1. The Bertz CT molecular complexity index is 1400.